The topological polar surface area (TPSA) is 87.1 Å². The number of hydrogen-bond acceptors (Lipinski definition) is 5. The van der Waals surface area contributed by atoms with E-state index in [0.717, 1.165) is 19.0 Å². The van der Waals surface area contributed by atoms with Crippen LogP contribution in [0.2, 0.25) is 0 Å². The van der Waals surface area contributed by atoms with Gasteiger partial charge in [0.1, 0.15) is 10.6 Å². The number of rotatable bonds is 4. The summed E-state index contributed by atoms with van der Waals surface area (Å²) in [5.74, 6) is -1.02. The molecule has 1 heterocycles. The highest BCUT2D eigenvalue weighted by atomic mass is 35.5. The molecule has 2 rings (SSSR count). The van der Waals surface area contributed by atoms with Gasteiger partial charge in [-0.15, -0.1) is 12.4 Å². The smallest absolute Gasteiger partial charge is 0.335 e. The minimum absolute atomic E-state index is 0. The summed E-state index contributed by atoms with van der Waals surface area (Å²) in [5, 5.41) is 9.07. The molecule has 1 N–H and O–H groups in total. The minimum atomic E-state index is -3.79. The normalized spacial score (nSPS) is 17.1. The van der Waals surface area contributed by atoms with E-state index in [9.17, 15) is 13.2 Å². The molecule has 0 unspecified atom stereocenters. The molecule has 9 heteroatoms. The molecule has 23 heavy (non-hydrogen) atoms. The summed E-state index contributed by atoms with van der Waals surface area (Å²) in [6.07, 6.45) is 0.733. The fraction of sp³-hybridized carbons (Fsp3) is 0.500. The molecule has 0 saturated carbocycles. The summed E-state index contributed by atoms with van der Waals surface area (Å²) in [5.41, 5.74) is -0.0775. The number of sulfonamides is 1. The second-order valence-corrected chi connectivity index (χ2v) is 7.14. The summed E-state index contributed by atoms with van der Waals surface area (Å²) in [6, 6.07) is 3.86. The van der Waals surface area contributed by atoms with Crippen LogP contribution in [0.3, 0.4) is 0 Å². The van der Waals surface area contributed by atoms with Crippen LogP contribution in [0.1, 0.15) is 16.8 Å². The average molecular weight is 365 g/mol. The van der Waals surface area contributed by atoms with Crippen molar-refractivity contribution in [1.29, 1.82) is 0 Å². The predicted molar refractivity (Wildman–Crippen MR) is 88.1 cm³/mol. The summed E-state index contributed by atoms with van der Waals surface area (Å²) in [6.45, 7) is 2.25. The lowest BCUT2D eigenvalue weighted by atomic mass is 10.2. The minimum Gasteiger partial charge on any atom is -0.495 e. The van der Waals surface area contributed by atoms with E-state index in [4.69, 9.17) is 9.84 Å². The van der Waals surface area contributed by atoms with Gasteiger partial charge in [0.05, 0.1) is 12.7 Å². The Morgan fingerprint density at radius 2 is 1.91 bits per heavy atom. The Balaban J connectivity index is 0.00000264. The van der Waals surface area contributed by atoms with Crippen LogP contribution in [0.4, 0.5) is 0 Å². The van der Waals surface area contributed by atoms with Crippen molar-refractivity contribution in [3.05, 3.63) is 23.8 Å². The van der Waals surface area contributed by atoms with E-state index in [2.05, 4.69) is 4.90 Å². The van der Waals surface area contributed by atoms with Crippen molar-refractivity contribution >= 4 is 28.4 Å². The maximum absolute atomic E-state index is 12.8. The highest BCUT2D eigenvalue weighted by Crippen LogP contribution is 2.28. The Labute approximate surface area is 142 Å². The van der Waals surface area contributed by atoms with Gasteiger partial charge in [-0.05, 0) is 38.2 Å². The summed E-state index contributed by atoms with van der Waals surface area (Å²) in [7, 11) is -0.477. The lowest BCUT2D eigenvalue weighted by Crippen LogP contribution is -2.34. The number of ether oxygens (including phenoxy) is 1. The lowest BCUT2D eigenvalue weighted by molar-refractivity contribution is 0.0696. The number of hydrogen-bond donors (Lipinski definition) is 1. The first-order valence-electron chi connectivity index (χ1n) is 6.96. The molecule has 1 aliphatic heterocycles. The molecule has 0 aliphatic carbocycles. The quantitative estimate of drug-likeness (QED) is 0.862. The Hall–Kier alpha value is -1.35. The number of methoxy groups -OCH3 is 1. The van der Waals surface area contributed by atoms with Gasteiger partial charge < -0.3 is 14.7 Å². The molecule has 1 aromatic rings. The third-order valence-corrected chi connectivity index (χ3v) is 5.63. The van der Waals surface area contributed by atoms with Gasteiger partial charge in [0.2, 0.25) is 10.0 Å². The van der Waals surface area contributed by atoms with Crippen molar-refractivity contribution in [3.63, 3.8) is 0 Å². The van der Waals surface area contributed by atoms with Crippen LogP contribution in [0.15, 0.2) is 23.1 Å². The number of halogens is 1. The zero-order chi connectivity index (χ0) is 16.3. The molecule has 0 radical (unpaired) electrons. The number of carbonyl (C=O) groups is 1. The third-order valence-electron chi connectivity index (χ3n) is 3.71. The maximum Gasteiger partial charge on any atom is 0.335 e. The Morgan fingerprint density at radius 1 is 1.22 bits per heavy atom. The molecular weight excluding hydrogens is 344 g/mol. The van der Waals surface area contributed by atoms with Crippen molar-refractivity contribution in [1.82, 2.24) is 9.21 Å². The van der Waals surface area contributed by atoms with E-state index < -0.39 is 16.0 Å². The zero-order valence-corrected chi connectivity index (χ0v) is 14.7. The summed E-state index contributed by atoms with van der Waals surface area (Å²) < 4.78 is 32.2. The number of nitrogens with zero attached hydrogens (tertiary/aromatic N) is 2. The van der Waals surface area contributed by atoms with Crippen LogP contribution < -0.4 is 4.74 Å². The van der Waals surface area contributed by atoms with Crippen molar-refractivity contribution < 1.29 is 23.1 Å². The Bertz CT molecular complexity index is 665. The first-order valence-corrected chi connectivity index (χ1v) is 8.40. The molecule has 0 atom stereocenters. The fourth-order valence-corrected chi connectivity index (χ4v) is 4.06. The number of aromatic carboxylic acids is 1. The molecule has 0 bridgehead atoms. The van der Waals surface area contributed by atoms with Gasteiger partial charge >= 0.3 is 5.97 Å². The lowest BCUT2D eigenvalue weighted by Gasteiger charge is -2.21. The van der Waals surface area contributed by atoms with Gasteiger partial charge in [0.15, 0.2) is 0 Å². The summed E-state index contributed by atoms with van der Waals surface area (Å²) >= 11 is 0. The molecule has 0 aromatic heterocycles. The van der Waals surface area contributed by atoms with Crippen molar-refractivity contribution in [3.8, 4) is 5.75 Å². The van der Waals surface area contributed by atoms with E-state index in [1.807, 2.05) is 7.05 Å². The molecule has 0 amide bonds. The van der Waals surface area contributed by atoms with Crippen LogP contribution in [-0.2, 0) is 10.0 Å². The molecule has 7 nitrogen and oxygen atoms in total. The van der Waals surface area contributed by atoms with Gasteiger partial charge in [0, 0.05) is 19.6 Å². The van der Waals surface area contributed by atoms with Gasteiger partial charge in [-0.1, -0.05) is 0 Å². The maximum atomic E-state index is 12.8. The van der Waals surface area contributed by atoms with E-state index in [1.54, 1.807) is 0 Å². The van der Waals surface area contributed by atoms with Crippen molar-refractivity contribution in [2.75, 3.05) is 40.3 Å². The van der Waals surface area contributed by atoms with Crippen molar-refractivity contribution in [2.24, 2.45) is 0 Å². The summed E-state index contributed by atoms with van der Waals surface area (Å²) in [4.78, 5) is 13.1. The third kappa shape index (κ3) is 4.35. The van der Waals surface area contributed by atoms with Crippen LogP contribution in [0.5, 0.6) is 5.75 Å². The monoisotopic (exact) mass is 364 g/mol. The van der Waals surface area contributed by atoms with Crippen LogP contribution >= 0.6 is 12.4 Å². The molecule has 1 aromatic carbocycles. The standard InChI is InChI=1S/C14H20N2O5S.ClH/c1-15-6-3-7-16(9-8-15)22(19,20)13-10-11(14(17)18)4-5-12(13)21-2;/h4-5,10H,3,6-9H2,1-2H3,(H,17,18);1H. The SMILES string of the molecule is COc1ccc(C(=O)O)cc1S(=O)(=O)N1CCCN(C)CC1.Cl. The molecule has 1 fully saturated rings. The number of carboxylic acid groups (broad SMARTS) is 1. The van der Waals surface area contributed by atoms with Gasteiger partial charge in [0.25, 0.3) is 0 Å². The molecule has 1 saturated heterocycles. The highest BCUT2D eigenvalue weighted by molar-refractivity contribution is 7.89. The molecule has 0 spiro atoms. The van der Waals surface area contributed by atoms with Gasteiger partial charge in [-0.25, -0.2) is 13.2 Å². The molecule has 130 valence electrons. The first-order chi connectivity index (χ1) is 10.4. The Morgan fingerprint density at radius 3 is 2.52 bits per heavy atom. The van der Waals surface area contributed by atoms with Crippen LogP contribution in [0, 0.1) is 0 Å². The van der Waals surface area contributed by atoms with Gasteiger partial charge in [-0.2, -0.15) is 4.31 Å². The van der Waals surface area contributed by atoms with E-state index in [0.29, 0.717) is 19.6 Å². The van der Waals surface area contributed by atoms with E-state index in [-0.39, 0.29) is 28.6 Å². The molecule has 1 aliphatic rings. The number of carboxylic acids is 1. The van der Waals surface area contributed by atoms with Crippen LogP contribution in [-0.4, -0.2) is 69.0 Å². The van der Waals surface area contributed by atoms with Crippen LogP contribution in [0.25, 0.3) is 0 Å². The molecular formula is C14H21ClN2O5S. The largest absolute Gasteiger partial charge is 0.495 e. The predicted octanol–water partition coefficient (Wildman–Crippen LogP) is 1.14. The number of benzene rings is 1. The average Bonchev–Trinajstić information content (AvgIpc) is 2.71. The van der Waals surface area contributed by atoms with Crippen molar-refractivity contribution in [2.45, 2.75) is 11.3 Å². The highest BCUT2D eigenvalue weighted by Gasteiger charge is 2.29. The second-order valence-electron chi connectivity index (χ2n) is 5.23. The fourth-order valence-electron chi connectivity index (χ4n) is 2.41. The second kappa shape index (κ2) is 7.96. The first kappa shape index (κ1) is 19.7. The zero-order valence-electron chi connectivity index (χ0n) is 13.1. The number of likely N-dealkylation sites (N-methyl/N-ethyl adjacent to an activating group) is 1. The van der Waals surface area contributed by atoms with E-state index >= 15 is 0 Å². The Kier molecular flexibility index (Phi) is 6.82. The van der Waals surface area contributed by atoms with Gasteiger partial charge in [-0.3, -0.25) is 0 Å². The van der Waals surface area contributed by atoms with E-state index in [1.165, 1.54) is 23.5 Å².